The molecule has 5 nitrogen and oxygen atoms in total. The van der Waals surface area contributed by atoms with Gasteiger partial charge in [-0.15, -0.1) is 0 Å². The number of carbonyl (C=O) groups is 2. The predicted octanol–water partition coefficient (Wildman–Crippen LogP) is 3.50. The van der Waals surface area contributed by atoms with Gasteiger partial charge in [-0.2, -0.15) is 0 Å². The number of benzene rings is 3. The van der Waals surface area contributed by atoms with Crippen molar-refractivity contribution in [3.8, 4) is 5.75 Å². The number of fused-ring (bicyclic) bond motifs is 1. The van der Waals surface area contributed by atoms with Crippen LogP contribution in [0, 0.1) is 5.82 Å². The van der Waals surface area contributed by atoms with Crippen LogP contribution in [-0.4, -0.2) is 32.1 Å². The Balaban J connectivity index is 1.55. The minimum absolute atomic E-state index is 0.247. The third-order valence-corrected chi connectivity index (χ3v) is 4.30. The van der Waals surface area contributed by atoms with E-state index < -0.39 is 18.5 Å². The molecule has 0 radical (unpaired) electrons. The van der Waals surface area contributed by atoms with Crippen LogP contribution < -0.4 is 10.1 Å². The molecular formula is C22H20FNO4. The van der Waals surface area contributed by atoms with E-state index in [-0.39, 0.29) is 17.9 Å². The van der Waals surface area contributed by atoms with E-state index in [0.29, 0.717) is 17.7 Å². The van der Waals surface area contributed by atoms with Gasteiger partial charge in [0.2, 0.25) is 0 Å². The van der Waals surface area contributed by atoms with Crippen molar-refractivity contribution < 1.29 is 23.5 Å². The van der Waals surface area contributed by atoms with Crippen molar-refractivity contribution in [2.24, 2.45) is 0 Å². The quantitative estimate of drug-likeness (QED) is 0.636. The summed E-state index contributed by atoms with van der Waals surface area (Å²) in [7, 11) is 1.47. The number of hydrogen-bond donors (Lipinski definition) is 1. The molecular weight excluding hydrogens is 361 g/mol. The zero-order valence-corrected chi connectivity index (χ0v) is 15.4. The molecule has 0 heterocycles. The average molecular weight is 381 g/mol. The number of rotatable bonds is 7. The second-order valence-corrected chi connectivity index (χ2v) is 6.17. The zero-order valence-electron chi connectivity index (χ0n) is 15.4. The maximum absolute atomic E-state index is 13.5. The van der Waals surface area contributed by atoms with Crippen LogP contribution in [0.15, 0.2) is 60.7 Å². The first-order chi connectivity index (χ1) is 13.6. The molecule has 0 atom stereocenters. The Hall–Kier alpha value is -3.41. The van der Waals surface area contributed by atoms with Crippen LogP contribution >= 0.6 is 0 Å². The van der Waals surface area contributed by atoms with Gasteiger partial charge in [-0.3, -0.25) is 4.79 Å². The van der Waals surface area contributed by atoms with Gasteiger partial charge in [-0.25, -0.2) is 9.18 Å². The summed E-state index contributed by atoms with van der Waals surface area (Å²) < 4.78 is 23.9. The summed E-state index contributed by atoms with van der Waals surface area (Å²) >= 11 is 0. The Morgan fingerprint density at radius 3 is 2.39 bits per heavy atom. The Morgan fingerprint density at radius 2 is 1.68 bits per heavy atom. The largest absolute Gasteiger partial charge is 0.496 e. The molecule has 0 aliphatic carbocycles. The molecule has 0 aliphatic rings. The minimum Gasteiger partial charge on any atom is -0.496 e. The predicted molar refractivity (Wildman–Crippen MR) is 104 cm³/mol. The van der Waals surface area contributed by atoms with Crippen molar-refractivity contribution in [1.82, 2.24) is 5.32 Å². The van der Waals surface area contributed by atoms with Crippen molar-refractivity contribution in [3.05, 3.63) is 77.6 Å². The molecule has 3 rings (SSSR count). The van der Waals surface area contributed by atoms with Gasteiger partial charge in [-0.05, 0) is 41.0 Å². The van der Waals surface area contributed by atoms with Crippen LogP contribution in [0.2, 0.25) is 0 Å². The molecule has 1 N–H and O–H groups in total. The third kappa shape index (κ3) is 4.65. The molecule has 6 heteroatoms. The van der Waals surface area contributed by atoms with Crippen LogP contribution in [0.25, 0.3) is 10.8 Å². The first-order valence-corrected chi connectivity index (χ1v) is 8.82. The summed E-state index contributed by atoms with van der Waals surface area (Å²) in [6.07, 6.45) is 0.352. The molecule has 0 aliphatic heterocycles. The van der Waals surface area contributed by atoms with E-state index in [9.17, 15) is 14.0 Å². The lowest BCUT2D eigenvalue weighted by Crippen LogP contribution is -2.30. The van der Waals surface area contributed by atoms with Gasteiger partial charge in [0, 0.05) is 6.54 Å². The van der Waals surface area contributed by atoms with Gasteiger partial charge in [0.25, 0.3) is 5.91 Å². The fraction of sp³-hybridized carbons (Fsp3) is 0.182. The lowest BCUT2D eigenvalue weighted by molar-refractivity contribution is -0.124. The van der Waals surface area contributed by atoms with Crippen LogP contribution in [0.3, 0.4) is 0 Å². The molecule has 0 saturated heterocycles. The molecule has 1 amide bonds. The molecule has 3 aromatic carbocycles. The van der Waals surface area contributed by atoms with Crippen LogP contribution in [0.5, 0.6) is 5.75 Å². The van der Waals surface area contributed by atoms with Gasteiger partial charge >= 0.3 is 5.97 Å². The van der Waals surface area contributed by atoms with E-state index in [1.54, 1.807) is 30.3 Å². The number of nitrogens with one attached hydrogen (secondary N) is 1. The first-order valence-electron chi connectivity index (χ1n) is 8.82. The molecule has 144 valence electrons. The average Bonchev–Trinajstić information content (AvgIpc) is 2.72. The van der Waals surface area contributed by atoms with E-state index in [4.69, 9.17) is 9.47 Å². The monoisotopic (exact) mass is 381 g/mol. The summed E-state index contributed by atoms with van der Waals surface area (Å²) in [5.41, 5.74) is 0.765. The van der Waals surface area contributed by atoms with E-state index in [1.807, 2.05) is 24.3 Å². The van der Waals surface area contributed by atoms with Crippen molar-refractivity contribution in [3.63, 3.8) is 0 Å². The SMILES string of the molecule is COc1cc2ccccc2cc1C(=O)OCC(=O)NCCc1ccccc1F. The van der Waals surface area contributed by atoms with Crippen molar-refractivity contribution in [1.29, 1.82) is 0 Å². The van der Waals surface area contributed by atoms with E-state index >= 15 is 0 Å². The van der Waals surface area contributed by atoms with Crippen LogP contribution in [0.4, 0.5) is 4.39 Å². The highest BCUT2D eigenvalue weighted by molar-refractivity contribution is 5.99. The summed E-state index contributed by atoms with van der Waals surface area (Å²) in [6, 6.07) is 17.3. The Morgan fingerprint density at radius 1 is 1.00 bits per heavy atom. The molecule has 0 bridgehead atoms. The molecule has 0 spiro atoms. The van der Waals surface area contributed by atoms with Gasteiger partial charge in [0.1, 0.15) is 17.1 Å². The van der Waals surface area contributed by atoms with Crippen molar-refractivity contribution in [2.75, 3.05) is 20.3 Å². The normalized spacial score (nSPS) is 10.5. The standard InChI is InChI=1S/C22H20FNO4/c1-27-20-13-17-8-3-2-7-16(17)12-18(20)22(26)28-14-21(25)24-11-10-15-6-4-5-9-19(15)23/h2-9,12-13H,10-11,14H2,1H3,(H,24,25). The lowest BCUT2D eigenvalue weighted by Gasteiger charge is -2.11. The number of halogens is 1. The molecule has 0 fully saturated rings. The van der Waals surface area contributed by atoms with Gasteiger partial charge in [0.05, 0.1) is 7.11 Å². The second-order valence-electron chi connectivity index (χ2n) is 6.17. The number of methoxy groups -OCH3 is 1. The lowest BCUT2D eigenvalue weighted by atomic mass is 10.1. The van der Waals surface area contributed by atoms with E-state index in [0.717, 1.165) is 10.8 Å². The number of ether oxygens (including phenoxy) is 2. The molecule has 0 saturated carbocycles. The van der Waals surface area contributed by atoms with E-state index in [2.05, 4.69) is 5.32 Å². The number of carbonyl (C=O) groups excluding carboxylic acids is 2. The second kappa shape index (κ2) is 8.99. The fourth-order valence-corrected chi connectivity index (χ4v) is 2.85. The zero-order chi connectivity index (χ0) is 19.9. The number of amides is 1. The van der Waals surface area contributed by atoms with Gasteiger partial charge in [-0.1, -0.05) is 42.5 Å². The molecule has 28 heavy (non-hydrogen) atoms. The summed E-state index contributed by atoms with van der Waals surface area (Å²) in [5, 5.41) is 4.41. The first kappa shape index (κ1) is 19.4. The van der Waals surface area contributed by atoms with Gasteiger partial charge in [0.15, 0.2) is 6.61 Å². The minimum atomic E-state index is -0.646. The van der Waals surface area contributed by atoms with Gasteiger partial charge < -0.3 is 14.8 Å². The summed E-state index contributed by atoms with van der Waals surface area (Å²) in [5.74, 6) is -1.04. The fourth-order valence-electron chi connectivity index (χ4n) is 2.85. The highest BCUT2D eigenvalue weighted by atomic mass is 19.1. The molecule has 0 unspecified atom stereocenters. The van der Waals surface area contributed by atoms with Crippen LogP contribution in [0.1, 0.15) is 15.9 Å². The highest BCUT2D eigenvalue weighted by Gasteiger charge is 2.16. The number of hydrogen-bond acceptors (Lipinski definition) is 4. The highest BCUT2D eigenvalue weighted by Crippen LogP contribution is 2.26. The Bertz CT molecular complexity index is 1000. The maximum Gasteiger partial charge on any atom is 0.342 e. The Kier molecular flexibility index (Phi) is 6.22. The van der Waals surface area contributed by atoms with Crippen molar-refractivity contribution >= 4 is 22.6 Å². The van der Waals surface area contributed by atoms with Crippen LogP contribution in [-0.2, 0) is 16.0 Å². The molecule has 0 aromatic heterocycles. The summed E-state index contributed by atoms with van der Waals surface area (Å²) in [6.45, 7) is -0.178. The Labute approximate surface area is 162 Å². The smallest absolute Gasteiger partial charge is 0.342 e. The van der Waals surface area contributed by atoms with E-state index in [1.165, 1.54) is 13.2 Å². The number of esters is 1. The topological polar surface area (TPSA) is 64.6 Å². The maximum atomic E-state index is 13.5. The molecule has 3 aromatic rings. The van der Waals surface area contributed by atoms with Crippen molar-refractivity contribution in [2.45, 2.75) is 6.42 Å². The third-order valence-electron chi connectivity index (χ3n) is 4.30. The summed E-state index contributed by atoms with van der Waals surface area (Å²) in [4.78, 5) is 24.3.